The fourth-order valence-corrected chi connectivity index (χ4v) is 2.46. The minimum atomic E-state index is 0.395. The van der Waals surface area contributed by atoms with Crippen molar-refractivity contribution >= 4 is 0 Å². The number of hydrogen-bond acceptors (Lipinski definition) is 2. The first-order valence-electron chi connectivity index (χ1n) is 7.39. The molecule has 2 heteroatoms. The van der Waals surface area contributed by atoms with E-state index in [9.17, 15) is 0 Å². The van der Waals surface area contributed by atoms with Crippen LogP contribution in [0, 0.1) is 11.3 Å². The third kappa shape index (κ3) is 6.42. The molecule has 1 N–H and O–H groups in total. The highest BCUT2D eigenvalue weighted by Gasteiger charge is 2.32. The maximum Gasteiger partial charge on any atom is 0.00967 e. The first-order valence-corrected chi connectivity index (χ1v) is 7.39. The van der Waals surface area contributed by atoms with E-state index in [-0.39, 0.29) is 0 Å². The van der Waals surface area contributed by atoms with Gasteiger partial charge in [0, 0.05) is 25.7 Å². The van der Waals surface area contributed by atoms with Crippen LogP contribution in [0.5, 0.6) is 0 Å². The van der Waals surface area contributed by atoms with Gasteiger partial charge in [0.1, 0.15) is 0 Å². The fourth-order valence-electron chi connectivity index (χ4n) is 2.46. The van der Waals surface area contributed by atoms with E-state index in [2.05, 4.69) is 44.8 Å². The van der Waals surface area contributed by atoms with E-state index in [1.165, 1.54) is 32.4 Å². The summed E-state index contributed by atoms with van der Waals surface area (Å²) in [6, 6.07) is 0.892. The molecule has 17 heavy (non-hydrogen) atoms. The average molecular weight is 240 g/mol. The SMILES string of the molecule is CCCNCC(C)(C)CN(CC(C)C)C1CC1. The summed E-state index contributed by atoms with van der Waals surface area (Å²) in [4.78, 5) is 2.72. The Kier molecular flexibility index (Phi) is 5.94. The van der Waals surface area contributed by atoms with Crippen LogP contribution >= 0.6 is 0 Å². The highest BCUT2D eigenvalue weighted by molar-refractivity contribution is 4.88. The Morgan fingerprint density at radius 3 is 2.41 bits per heavy atom. The molecule has 0 radical (unpaired) electrons. The topological polar surface area (TPSA) is 15.3 Å². The molecule has 0 aliphatic heterocycles. The molecule has 1 rings (SSSR count). The van der Waals surface area contributed by atoms with Crippen molar-refractivity contribution in [3.8, 4) is 0 Å². The van der Waals surface area contributed by atoms with Crippen LogP contribution in [0.4, 0.5) is 0 Å². The van der Waals surface area contributed by atoms with Gasteiger partial charge in [0.15, 0.2) is 0 Å². The summed E-state index contributed by atoms with van der Waals surface area (Å²) < 4.78 is 0. The highest BCUT2D eigenvalue weighted by atomic mass is 15.2. The van der Waals surface area contributed by atoms with Crippen molar-refractivity contribution in [3.05, 3.63) is 0 Å². The van der Waals surface area contributed by atoms with Crippen LogP contribution in [-0.4, -0.2) is 37.1 Å². The molecule has 0 heterocycles. The Morgan fingerprint density at radius 2 is 1.94 bits per heavy atom. The lowest BCUT2D eigenvalue weighted by Crippen LogP contribution is -2.43. The van der Waals surface area contributed by atoms with Gasteiger partial charge in [0.25, 0.3) is 0 Å². The van der Waals surface area contributed by atoms with E-state index < -0.39 is 0 Å². The second kappa shape index (κ2) is 6.75. The minimum absolute atomic E-state index is 0.395. The maximum absolute atomic E-state index is 3.57. The molecule has 0 aromatic heterocycles. The second-order valence-corrected chi connectivity index (χ2v) is 6.90. The highest BCUT2D eigenvalue weighted by Crippen LogP contribution is 2.30. The van der Waals surface area contributed by atoms with Gasteiger partial charge in [0.05, 0.1) is 0 Å². The lowest BCUT2D eigenvalue weighted by Gasteiger charge is -2.34. The zero-order chi connectivity index (χ0) is 12.9. The fraction of sp³-hybridized carbons (Fsp3) is 1.00. The van der Waals surface area contributed by atoms with Gasteiger partial charge < -0.3 is 5.32 Å². The maximum atomic E-state index is 3.57. The number of hydrogen-bond donors (Lipinski definition) is 1. The summed E-state index contributed by atoms with van der Waals surface area (Å²) >= 11 is 0. The van der Waals surface area contributed by atoms with Crippen LogP contribution in [0.15, 0.2) is 0 Å². The molecule has 1 aliphatic carbocycles. The minimum Gasteiger partial charge on any atom is -0.316 e. The Bertz CT molecular complexity index is 207. The van der Waals surface area contributed by atoms with Gasteiger partial charge >= 0.3 is 0 Å². The molecule has 1 fully saturated rings. The van der Waals surface area contributed by atoms with Crippen LogP contribution in [0.1, 0.15) is 53.9 Å². The van der Waals surface area contributed by atoms with E-state index in [0.29, 0.717) is 5.41 Å². The normalized spacial score (nSPS) is 17.1. The molecule has 0 unspecified atom stereocenters. The Morgan fingerprint density at radius 1 is 1.29 bits per heavy atom. The van der Waals surface area contributed by atoms with Crippen LogP contribution in [-0.2, 0) is 0 Å². The quantitative estimate of drug-likeness (QED) is 0.623. The summed E-state index contributed by atoms with van der Waals surface area (Å²) in [5.74, 6) is 0.787. The molecule has 0 bridgehead atoms. The predicted molar refractivity (Wildman–Crippen MR) is 76.4 cm³/mol. The zero-order valence-electron chi connectivity index (χ0n) is 12.6. The number of rotatable bonds is 9. The molecule has 0 spiro atoms. The summed E-state index contributed by atoms with van der Waals surface area (Å²) in [5.41, 5.74) is 0.395. The van der Waals surface area contributed by atoms with Crippen molar-refractivity contribution in [1.29, 1.82) is 0 Å². The van der Waals surface area contributed by atoms with Gasteiger partial charge in [-0.05, 0) is 37.1 Å². The standard InChI is InChI=1S/C15H32N2/c1-6-9-16-11-15(4,5)12-17(10-13(2)3)14-7-8-14/h13-14,16H,6-12H2,1-5H3. The first-order chi connectivity index (χ1) is 7.94. The van der Waals surface area contributed by atoms with E-state index in [4.69, 9.17) is 0 Å². The van der Waals surface area contributed by atoms with Crippen molar-refractivity contribution in [1.82, 2.24) is 10.2 Å². The molecule has 1 saturated carbocycles. The summed E-state index contributed by atoms with van der Waals surface area (Å²) in [7, 11) is 0. The largest absolute Gasteiger partial charge is 0.316 e. The smallest absolute Gasteiger partial charge is 0.00967 e. The summed E-state index contributed by atoms with van der Waals surface area (Å²) in [6.45, 7) is 16.5. The molecular formula is C15H32N2. The zero-order valence-corrected chi connectivity index (χ0v) is 12.6. The molecule has 0 aromatic rings. The molecule has 102 valence electrons. The van der Waals surface area contributed by atoms with Crippen LogP contribution < -0.4 is 5.32 Å². The van der Waals surface area contributed by atoms with Crippen molar-refractivity contribution in [2.75, 3.05) is 26.2 Å². The van der Waals surface area contributed by atoms with Gasteiger partial charge in [0.2, 0.25) is 0 Å². The molecular weight excluding hydrogens is 208 g/mol. The van der Waals surface area contributed by atoms with Gasteiger partial charge in [-0.1, -0.05) is 34.6 Å². The van der Waals surface area contributed by atoms with Gasteiger partial charge in [-0.2, -0.15) is 0 Å². The molecule has 0 atom stereocenters. The Balaban J connectivity index is 2.35. The first kappa shape index (κ1) is 15.0. The summed E-state index contributed by atoms with van der Waals surface area (Å²) in [6.07, 6.45) is 4.07. The predicted octanol–water partition coefficient (Wildman–Crippen LogP) is 3.13. The van der Waals surface area contributed by atoms with E-state index in [0.717, 1.165) is 25.0 Å². The summed E-state index contributed by atoms with van der Waals surface area (Å²) in [5, 5.41) is 3.57. The van der Waals surface area contributed by atoms with Crippen LogP contribution in [0.3, 0.4) is 0 Å². The Labute approximate surface area is 108 Å². The molecule has 0 amide bonds. The van der Waals surface area contributed by atoms with E-state index in [1.807, 2.05) is 0 Å². The molecule has 2 nitrogen and oxygen atoms in total. The number of nitrogens with zero attached hydrogens (tertiary/aromatic N) is 1. The van der Waals surface area contributed by atoms with Gasteiger partial charge in [-0.3, -0.25) is 4.90 Å². The number of nitrogens with one attached hydrogen (secondary N) is 1. The Hall–Kier alpha value is -0.0800. The third-order valence-corrected chi connectivity index (χ3v) is 3.32. The van der Waals surface area contributed by atoms with Crippen LogP contribution in [0.25, 0.3) is 0 Å². The van der Waals surface area contributed by atoms with E-state index >= 15 is 0 Å². The lowest BCUT2D eigenvalue weighted by molar-refractivity contribution is 0.152. The van der Waals surface area contributed by atoms with Crippen molar-refractivity contribution in [2.24, 2.45) is 11.3 Å². The van der Waals surface area contributed by atoms with Gasteiger partial charge in [-0.25, -0.2) is 0 Å². The lowest BCUT2D eigenvalue weighted by atomic mass is 9.92. The molecule has 1 aliphatic rings. The van der Waals surface area contributed by atoms with Crippen molar-refractivity contribution in [3.63, 3.8) is 0 Å². The van der Waals surface area contributed by atoms with Crippen molar-refractivity contribution < 1.29 is 0 Å². The van der Waals surface area contributed by atoms with Crippen molar-refractivity contribution in [2.45, 2.75) is 59.9 Å². The molecule has 0 saturated heterocycles. The van der Waals surface area contributed by atoms with E-state index in [1.54, 1.807) is 0 Å². The third-order valence-electron chi connectivity index (χ3n) is 3.32. The molecule has 0 aromatic carbocycles. The second-order valence-electron chi connectivity index (χ2n) is 6.90. The van der Waals surface area contributed by atoms with Gasteiger partial charge in [-0.15, -0.1) is 0 Å². The van der Waals surface area contributed by atoms with Crippen LogP contribution in [0.2, 0.25) is 0 Å². The average Bonchev–Trinajstić information content (AvgIpc) is 2.98. The monoisotopic (exact) mass is 240 g/mol.